The Hall–Kier alpha value is -0.610. The number of hydrogen-bond acceptors (Lipinski definition) is 3. The van der Waals surface area contributed by atoms with Crippen molar-refractivity contribution in [1.29, 1.82) is 5.41 Å². The number of nitrogens with two attached hydrogens (primary N) is 1. The van der Waals surface area contributed by atoms with E-state index in [4.69, 9.17) is 11.1 Å². The van der Waals surface area contributed by atoms with Gasteiger partial charge in [-0.2, -0.15) is 0 Å². The summed E-state index contributed by atoms with van der Waals surface area (Å²) in [6.45, 7) is 10.3. The maximum absolute atomic E-state index is 7.28. The maximum atomic E-state index is 7.28. The van der Waals surface area contributed by atoms with Gasteiger partial charge in [-0.05, 0) is 59.3 Å². The average Bonchev–Trinajstić information content (AvgIpc) is 2.74. The lowest BCUT2D eigenvalue weighted by molar-refractivity contribution is 0.209. The largest absolute Gasteiger partial charge is 0.388 e. The highest BCUT2D eigenvalue weighted by Gasteiger charge is 2.13. The predicted molar refractivity (Wildman–Crippen MR) is 73.5 cm³/mol. The molecule has 1 saturated heterocycles. The zero-order valence-corrected chi connectivity index (χ0v) is 11.4. The van der Waals surface area contributed by atoms with Crippen LogP contribution < -0.4 is 5.73 Å². The molecule has 0 atom stereocenters. The second-order valence-electron chi connectivity index (χ2n) is 5.31. The molecule has 0 radical (unpaired) electrons. The van der Waals surface area contributed by atoms with Crippen LogP contribution in [0.1, 0.15) is 39.5 Å². The number of nitrogens with zero attached hydrogens (tertiary/aromatic N) is 2. The van der Waals surface area contributed by atoms with E-state index >= 15 is 0 Å². The van der Waals surface area contributed by atoms with Gasteiger partial charge in [0.25, 0.3) is 0 Å². The fraction of sp³-hybridized carbons (Fsp3) is 0.923. The van der Waals surface area contributed by atoms with Gasteiger partial charge >= 0.3 is 0 Å². The molecular weight excluding hydrogens is 212 g/mol. The molecule has 4 heteroatoms. The highest BCUT2D eigenvalue weighted by Crippen LogP contribution is 2.08. The van der Waals surface area contributed by atoms with E-state index < -0.39 is 0 Å². The quantitative estimate of drug-likeness (QED) is 0.499. The topological polar surface area (TPSA) is 56.4 Å². The monoisotopic (exact) mass is 240 g/mol. The van der Waals surface area contributed by atoms with Gasteiger partial charge in [0, 0.05) is 19.0 Å². The van der Waals surface area contributed by atoms with Crippen LogP contribution in [0.25, 0.3) is 0 Å². The van der Waals surface area contributed by atoms with Crippen molar-refractivity contribution in [2.45, 2.75) is 45.6 Å². The summed E-state index contributed by atoms with van der Waals surface area (Å²) >= 11 is 0. The highest BCUT2D eigenvalue weighted by atomic mass is 15.2. The Labute approximate surface area is 106 Å². The molecule has 0 saturated carbocycles. The van der Waals surface area contributed by atoms with Gasteiger partial charge in [0.15, 0.2) is 0 Å². The van der Waals surface area contributed by atoms with Crippen LogP contribution in [0.4, 0.5) is 0 Å². The third-order valence-electron chi connectivity index (χ3n) is 3.52. The lowest BCUT2D eigenvalue weighted by Crippen LogP contribution is -2.36. The molecule has 0 aromatic rings. The summed E-state index contributed by atoms with van der Waals surface area (Å²) in [5, 5.41) is 7.28. The van der Waals surface area contributed by atoms with E-state index in [0.29, 0.717) is 18.3 Å². The first-order valence-corrected chi connectivity index (χ1v) is 6.89. The van der Waals surface area contributed by atoms with E-state index in [1.165, 1.54) is 38.9 Å². The van der Waals surface area contributed by atoms with Crippen molar-refractivity contribution in [2.75, 3.05) is 32.7 Å². The molecule has 4 nitrogen and oxygen atoms in total. The molecule has 1 heterocycles. The first kappa shape index (κ1) is 14.5. The van der Waals surface area contributed by atoms with Crippen molar-refractivity contribution >= 4 is 5.84 Å². The Kier molecular flexibility index (Phi) is 6.52. The lowest BCUT2D eigenvalue weighted by Gasteiger charge is -2.27. The minimum atomic E-state index is 0.301. The Morgan fingerprint density at radius 3 is 2.47 bits per heavy atom. The molecule has 1 fully saturated rings. The second-order valence-corrected chi connectivity index (χ2v) is 5.31. The minimum absolute atomic E-state index is 0.301. The zero-order valence-electron chi connectivity index (χ0n) is 11.4. The van der Waals surface area contributed by atoms with Crippen molar-refractivity contribution in [1.82, 2.24) is 9.80 Å². The molecule has 0 spiro atoms. The Morgan fingerprint density at radius 1 is 1.29 bits per heavy atom. The van der Waals surface area contributed by atoms with Crippen LogP contribution in [-0.2, 0) is 0 Å². The molecule has 0 aromatic carbocycles. The number of rotatable bonds is 8. The van der Waals surface area contributed by atoms with Crippen LogP contribution in [0.15, 0.2) is 0 Å². The molecule has 0 unspecified atom stereocenters. The van der Waals surface area contributed by atoms with Gasteiger partial charge in [0.1, 0.15) is 0 Å². The molecular formula is C13H28N4. The summed E-state index contributed by atoms with van der Waals surface area (Å²) < 4.78 is 0. The van der Waals surface area contributed by atoms with Gasteiger partial charge in [-0.25, -0.2) is 0 Å². The van der Waals surface area contributed by atoms with Crippen LogP contribution in [-0.4, -0.2) is 54.4 Å². The van der Waals surface area contributed by atoms with E-state index in [0.717, 1.165) is 13.1 Å². The molecule has 1 rings (SSSR count). The molecule has 1 aliphatic heterocycles. The third-order valence-corrected chi connectivity index (χ3v) is 3.52. The normalized spacial score (nSPS) is 17.2. The van der Waals surface area contributed by atoms with Gasteiger partial charge < -0.3 is 15.5 Å². The Balaban J connectivity index is 2.16. The van der Waals surface area contributed by atoms with Crippen molar-refractivity contribution < 1.29 is 0 Å². The SMILES string of the molecule is CC(C)N(CCCN1CCCC1)CCC(=N)N. The molecule has 0 aromatic heterocycles. The lowest BCUT2D eigenvalue weighted by atomic mass is 10.2. The van der Waals surface area contributed by atoms with Crippen LogP contribution in [0, 0.1) is 5.41 Å². The van der Waals surface area contributed by atoms with Crippen LogP contribution in [0.3, 0.4) is 0 Å². The predicted octanol–water partition coefficient (Wildman–Crippen LogP) is 1.51. The summed E-state index contributed by atoms with van der Waals surface area (Å²) in [5.41, 5.74) is 5.42. The standard InChI is InChI=1S/C13H28N4/c1-12(2)17(11-6-13(14)15)10-5-9-16-7-3-4-8-16/h12H,3-11H2,1-2H3,(H3,14,15). The number of likely N-dealkylation sites (tertiary alicyclic amines) is 1. The van der Waals surface area contributed by atoms with Gasteiger partial charge in [-0.1, -0.05) is 0 Å². The summed E-state index contributed by atoms with van der Waals surface area (Å²) in [4.78, 5) is 4.99. The fourth-order valence-corrected chi connectivity index (χ4v) is 2.40. The molecule has 1 aliphatic rings. The highest BCUT2D eigenvalue weighted by molar-refractivity contribution is 5.76. The van der Waals surface area contributed by atoms with Crippen LogP contribution >= 0.6 is 0 Å². The van der Waals surface area contributed by atoms with Crippen LogP contribution in [0.5, 0.6) is 0 Å². The summed E-state index contributed by atoms with van der Waals surface area (Å²) in [7, 11) is 0. The summed E-state index contributed by atoms with van der Waals surface area (Å²) in [5.74, 6) is 0.301. The van der Waals surface area contributed by atoms with Crippen molar-refractivity contribution in [3.63, 3.8) is 0 Å². The van der Waals surface area contributed by atoms with E-state index in [2.05, 4.69) is 23.6 Å². The molecule has 17 heavy (non-hydrogen) atoms. The summed E-state index contributed by atoms with van der Waals surface area (Å²) in [6.07, 6.45) is 4.68. The Morgan fingerprint density at radius 2 is 1.94 bits per heavy atom. The number of nitrogens with one attached hydrogen (secondary N) is 1. The summed E-state index contributed by atoms with van der Waals surface area (Å²) in [6, 6.07) is 0.549. The average molecular weight is 240 g/mol. The van der Waals surface area contributed by atoms with E-state index in [-0.39, 0.29) is 0 Å². The van der Waals surface area contributed by atoms with Gasteiger partial charge in [-0.3, -0.25) is 5.41 Å². The van der Waals surface area contributed by atoms with E-state index in [1.807, 2.05) is 0 Å². The van der Waals surface area contributed by atoms with Crippen molar-refractivity contribution in [2.24, 2.45) is 5.73 Å². The number of amidine groups is 1. The molecule has 3 N–H and O–H groups in total. The van der Waals surface area contributed by atoms with E-state index in [9.17, 15) is 0 Å². The van der Waals surface area contributed by atoms with Gasteiger partial charge in [0.05, 0.1) is 5.84 Å². The molecule has 0 bridgehead atoms. The molecule has 0 amide bonds. The number of hydrogen-bond donors (Lipinski definition) is 2. The minimum Gasteiger partial charge on any atom is -0.388 e. The maximum Gasteiger partial charge on any atom is 0.0918 e. The third kappa shape index (κ3) is 6.03. The first-order chi connectivity index (χ1) is 8.09. The first-order valence-electron chi connectivity index (χ1n) is 6.89. The van der Waals surface area contributed by atoms with Crippen LogP contribution in [0.2, 0.25) is 0 Å². The zero-order chi connectivity index (χ0) is 12.7. The van der Waals surface area contributed by atoms with Gasteiger partial charge in [0.2, 0.25) is 0 Å². The van der Waals surface area contributed by atoms with E-state index in [1.54, 1.807) is 0 Å². The Bertz CT molecular complexity index is 221. The second kappa shape index (κ2) is 7.67. The molecule has 0 aliphatic carbocycles. The van der Waals surface area contributed by atoms with Gasteiger partial charge in [-0.15, -0.1) is 0 Å². The molecule has 100 valence electrons. The van der Waals surface area contributed by atoms with Crippen molar-refractivity contribution in [3.05, 3.63) is 0 Å². The van der Waals surface area contributed by atoms with Crippen molar-refractivity contribution in [3.8, 4) is 0 Å². The smallest absolute Gasteiger partial charge is 0.0918 e. The fourth-order valence-electron chi connectivity index (χ4n) is 2.40.